The first-order chi connectivity index (χ1) is 9.03. The van der Waals surface area contributed by atoms with Crippen molar-refractivity contribution in [3.63, 3.8) is 0 Å². The van der Waals surface area contributed by atoms with Crippen LogP contribution in [0.4, 0.5) is 5.69 Å². The van der Waals surface area contributed by atoms with Crippen LogP contribution in [0.2, 0.25) is 5.02 Å². The Labute approximate surface area is 117 Å². The number of sulfonamides is 1. The zero-order chi connectivity index (χ0) is 13.9. The lowest BCUT2D eigenvalue weighted by molar-refractivity contribution is 0.601. The third-order valence-electron chi connectivity index (χ3n) is 2.58. The van der Waals surface area contributed by atoms with E-state index in [0.717, 1.165) is 0 Å². The number of hydrogen-bond donors (Lipinski definition) is 2. The quantitative estimate of drug-likeness (QED) is 0.911. The molecule has 0 aliphatic rings. The number of anilines is 1. The van der Waals surface area contributed by atoms with Crippen LogP contribution < -0.4 is 10.5 Å². The fourth-order valence-electron chi connectivity index (χ4n) is 1.58. The molecule has 0 aliphatic heterocycles. The summed E-state index contributed by atoms with van der Waals surface area (Å²) in [7, 11) is -3.64. The van der Waals surface area contributed by atoms with Crippen molar-refractivity contribution in [3.05, 3.63) is 59.1 Å². The Morgan fingerprint density at radius 3 is 2.37 bits per heavy atom. The van der Waals surface area contributed by atoms with Gasteiger partial charge in [-0.3, -0.25) is 4.72 Å². The molecular weight excluding hydrogens is 284 g/mol. The molecule has 0 saturated carbocycles. The van der Waals surface area contributed by atoms with E-state index in [1.807, 2.05) is 6.07 Å². The summed E-state index contributed by atoms with van der Waals surface area (Å²) < 4.78 is 26.8. The second-order valence-electron chi connectivity index (χ2n) is 3.93. The molecule has 0 radical (unpaired) electrons. The van der Waals surface area contributed by atoms with E-state index in [-0.39, 0.29) is 11.4 Å². The van der Waals surface area contributed by atoms with Gasteiger partial charge in [-0.15, -0.1) is 0 Å². The van der Waals surface area contributed by atoms with Crippen LogP contribution in [0.3, 0.4) is 0 Å². The van der Waals surface area contributed by atoms with E-state index in [9.17, 15) is 8.42 Å². The van der Waals surface area contributed by atoms with Crippen molar-refractivity contribution >= 4 is 27.3 Å². The van der Waals surface area contributed by atoms with Crippen LogP contribution in [0, 0.1) is 0 Å². The molecule has 2 aromatic carbocycles. The number of hydrogen-bond acceptors (Lipinski definition) is 3. The first kappa shape index (κ1) is 13.9. The molecule has 0 bridgehead atoms. The minimum atomic E-state index is -3.64. The normalized spacial score (nSPS) is 11.3. The summed E-state index contributed by atoms with van der Waals surface area (Å²) in [4.78, 5) is 0.110. The fraction of sp³-hybridized carbons (Fsp3) is 0.0769. The molecule has 0 aliphatic carbocycles. The SMILES string of the molecule is NCc1ccc(S(=O)(=O)Nc2ccccc2)cc1Cl. The van der Waals surface area contributed by atoms with Gasteiger partial charge in [-0.1, -0.05) is 35.9 Å². The van der Waals surface area contributed by atoms with Crippen molar-refractivity contribution in [1.82, 2.24) is 0 Å². The van der Waals surface area contributed by atoms with Gasteiger partial charge in [0, 0.05) is 17.3 Å². The third kappa shape index (κ3) is 3.26. The van der Waals surface area contributed by atoms with E-state index in [2.05, 4.69) is 4.72 Å². The molecule has 0 saturated heterocycles. The number of nitrogens with one attached hydrogen (secondary N) is 1. The molecule has 2 rings (SSSR count). The average molecular weight is 297 g/mol. The summed E-state index contributed by atoms with van der Waals surface area (Å²) in [5, 5.41) is 0.346. The van der Waals surface area contributed by atoms with Gasteiger partial charge in [0.25, 0.3) is 10.0 Å². The smallest absolute Gasteiger partial charge is 0.261 e. The van der Waals surface area contributed by atoms with Gasteiger partial charge < -0.3 is 5.73 Å². The van der Waals surface area contributed by atoms with E-state index in [4.69, 9.17) is 17.3 Å². The first-order valence-corrected chi connectivity index (χ1v) is 7.45. The van der Waals surface area contributed by atoms with Crippen LogP contribution >= 0.6 is 11.6 Å². The zero-order valence-electron chi connectivity index (χ0n) is 10.0. The third-order valence-corrected chi connectivity index (χ3v) is 4.31. The maximum atomic E-state index is 12.2. The van der Waals surface area contributed by atoms with Crippen molar-refractivity contribution < 1.29 is 8.42 Å². The van der Waals surface area contributed by atoms with Crippen LogP contribution in [-0.4, -0.2) is 8.42 Å². The molecule has 0 atom stereocenters. The molecule has 3 N–H and O–H groups in total. The fourth-order valence-corrected chi connectivity index (χ4v) is 2.99. The van der Waals surface area contributed by atoms with Gasteiger partial charge in [0.1, 0.15) is 0 Å². The van der Waals surface area contributed by atoms with Crippen molar-refractivity contribution in [2.75, 3.05) is 4.72 Å². The second-order valence-corrected chi connectivity index (χ2v) is 6.02. The summed E-state index contributed by atoms with van der Waals surface area (Å²) in [6.07, 6.45) is 0. The highest BCUT2D eigenvalue weighted by Crippen LogP contribution is 2.22. The van der Waals surface area contributed by atoms with Crippen LogP contribution in [0.1, 0.15) is 5.56 Å². The lowest BCUT2D eigenvalue weighted by Gasteiger charge is -2.09. The monoisotopic (exact) mass is 296 g/mol. The maximum absolute atomic E-state index is 12.2. The van der Waals surface area contributed by atoms with Gasteiger partial charge in [-0.2, -0.15) is 0 Å². The van der Waals surface area contributed by atoms with E-state index in [0.29, 0.717) is 16.3 Å². The van der Waals surface area contributed by atoms with Gasteiger partial charge in [0.15, 0.2) is 0 Å². The molecule has 19 heavy (non-hydrogen) atoms. The van der Waals surface area contributed by atoms with E-state index >= 15 is 0 Å². The standard InChI is InChI=1S/C13H13ClN2O2S/c14-13-8-12(7-6-10(13)9-15)19(17,18)16-11-4-2-1-3-5-11/h1-8,16H,9,15H2. The highest BCUT2D eigenvalue weighted by molar-refractivity contribution is 7.92. The van der Waals surface area contributed by atoms with Crippen molar-refractivity contribution in [2.45, 2.75) is 11.4 Å². The molecule has 0 fully saturated rings. The van der Waals surface area contributed by atoms with Gasteiger partial charge in [0.05, 0.1) is 4.90 Å². The lowest BCUT2D eigenvalue weighted by Crippen LogP contribution is -2.13. The van der Waals surface area contributed by atoms with Gasteiger partial charge in [-0.25, -0.2) is 8.42 Å². The Morgan fingerprint density at radius 2 is 1.79 bits per heavy atom. The molecule has 100 valence electrons. The topological polar surface area (TPSA) is 72.2 Å². The second kappa shape index (κ2) is 5.61. The minimum Gasteiger partial charge on any atom is -0.326 e. The van der Waals surface area contributed by atoms with E-state index in [1.165, 1.54) is 12.1 Å². The molecule has 0 spiro atoms. The summed E-state index contributed by atoms with van der Waals surface area (Å²) >= 11 is 5.97. The summed E-state index contributed by atoms with van der Waals surface area (Å²) in [5.41, 5.74) is 6.69. The summed E-state index contributed by atoms with van der Waals surface area (Å²) in [5.74, 6) is 0. The number of rotatable bonds is 4. The van der Waals surface area contributed by atoms with Gasteiger partial charge >= 0.3 is 0 Å². The van der Waals surface area contributed by atoms with Crippen molar-refractivity contribution in [3.8, 4) is 0 Å². The highest BCUT2D eigenvalue weighted by Gasteiger charge is 2.15. The Bertz CT molecular complexity index is 672. The molecule has 0 heterocycles. The summed E-state index contributed by atoms with van der Waals surface area (Å²) in [6.45, 7) is 0.269. The lowest BCUT2D eigenvalue weighted by atomic mass is 10.2. The Kier molecular flexibility index (Phi) is 4.09. The zero-order valence-corrected chi connectivity index (χ0v) is 11.6. The van der Waals surface area contributed by atoms with Crippen LogP contribution in [0.25, 0.3) is 0 Å². The first-order valence-electron chi connectivity index (χ1n) is 5.59. The number of benzene rings is 2. The van der Waals surface area contributed by atoms with Crippen molar-refractivity contribution in [2.24, 2.45) is 5.73 Å². The molecule has 0 unspecified atom stereocenters. The largest absolute Gasteiger partial charge is 0.326 e. The molecule has 4 nitrogen and oxygen atoms in total. The van der Waals surface area contributed by atoms with Crippen molar-refractivity contribution in [1.29, 1.82) is 0 Å². The predicted molar refractivity (Wildman–Crippen MR) is 76.6 cm³/mol. The average Bonchev–Trinajstić information content (AvgIpc) is 2.39. The minimum absolute atomic E-state index is 0.110. The molecule has 0 amide bonds. The predicted octanol–water partition coefficient (Wildman–Crippen LogP) is 2.60. The molecule has 2 aromatic rings. The van der Waals surface area contributed by atoms with Gasteiger partial charge in [0.2, 0.25) is 0 Å². The number of nitrogens with two attached hydrogens (primary N) is 1. The molecule has 6 heteroatoms. The number of halogens is 1. The van der Waals surface area contributed by atoms with Gasteiger partial charge in [-0.05, 0) is 29.8 Å². The maximum Gasteiger partial charge on any atom is 0.261 e. The Morgan fingerprint density at radius 1 is 1.11 bits per heavy atom. The van der Waals surface area contributed by atoms with E-state index in [1.54, 1.807) is 30.3 Å². The summed E-state index contributed by atoms with van der Waals surface area (Å²) in [6, 6.07) is 13.2. The van der Waals surface area contributed by atoms with Crippen LogP contribution in [0.5, 0.6) is 0 Å². The molecule has 0 aromatic heterocycles. The van der Waals surface area contributed by atoms with E-state index < -0.39 is 10.0 Å². The Hall–Kier alpha value is -1.56. The Balaban J connectivity index is 2.32. The van der Waals surface area contributed by atoms with Crippen LogP contribution in [0.15, 0.2) is 53.4 Å². The number of para-hydroxylation sites is 1. The van der Waals surface area contributed by atoms with Crippen LogP contribution in [-0.2, 0) is 16.6 Å². The molecular formula is C13H13ClN2O2S. The highest BCUT2D eigenvalue weighted by atomic mass is 35.5.